The van der Waals surface area contributed by atoms with Gasteiger partial charge in [-0.2, -0.15) is 0 Å². The number of nitrogens with zero attached hydrogens (tertiary/aromatic N) is 1. The van der Waals surface area contributed by atoms with Crippen LogP contribution in [0.5, 0.6) is 0 Å². The third-order valence-corrected chi connectivity index (χ3v) is 3.67. The summed E-state index contributed by atoms with van der Waals surface area (Å²) in [5.74, 6) is 0.887. The molecule has 0 bridgehead atoms. The molecule has 0 aliphatic carbocycles. The zero-order valence-electron chi connectivity index (χ0n) is 9.50. The maximum absolute atomic E-state index is 5.50. The maximum Gasteiger partial charge on any atom is 0.169 e. The van der Waals surface area contributed by atoms with Gasteiger partial charge in [-0.15, -0.1) is 0 Å². The molecule has 17 heavy (non-hydrogen) atoms. The van der Waals surface area contributed by atoms with Gasteiger partial charge in [0.25, 0.3) is 0 Å². The molecule has 90 valence electrons. The van der Waals surface area contributed by atoms with E-state index in [1.807, 2.05) is 32.0 Å². The first kappa shape index (κ1) is 12.6. The number of hydrogen-bond donors (Lipinski definition) is 1. The Balaban J connectivity index is 2.12. The van der Waals surface area contributed by atoms with E-state index in [0.717, 1.165) is 26.3 Å². The van der Waals surface area contributed by atoms with Crippen molar-refractivity contribution in [1.29, 1.82) is 0 Å². The van der Waals surface area contributed by atoms with Gasteiger partial charge in [0.15, 0.2) is 4.67 Å². The molecule has 2 aromatic heterocycles. The summed E-state index contributed by atoms with van der Waals surface area (Å²) < 4.78 is 7.11. The van der Waals surface area contributed by atoms with Gasteiger partial charge >= 0.3 is 0 Å². The van der Waals surface area contributed by atoms with Crippen LogP contribution in [0.2, 0.25) is 0 Å². The summed E-state index contributed by atoms with van der Waals surface area (Å²) in [4.78, 5) is 4.24. The molecule has 2 heterocycles. The van der Waals surface area contributed by atoms with Crippen LogP contribution >= 0.6 is 31.9 Å². The number of rotatable bonds is 3. The van der Waals surface area contributed by atoms with Crippen molar-refractivity contribution in [3.8, 4) is 0 Å². The van der Waals surface area contributed by atoms with Crippen LogP contribution in [0.1, 0.15) is 24.3 Å². The van der Waals surface area contributed by atoms with Crippen LogP contribution in [-0.4, -0.2) is 4.98 Å². The van der Waals surface area contributed by atoms with Crippen molar-refractivity contribution in [2.24, 2.45) is 0 Å². The Morgan fingerprint density at radius 3 is 2.71 bits per heavy atom. The molecule has 0 aliphatic rings. The Kier molecular flexibility index (Phi) is 3.89. The lowest BCUT2D eigenvalue weighted by Gasteiger charge is -2.13. The molecule has 0 aliphatic heterocycles. The standard InChI is InChI=1S/C12H12Br2N2O/c1-7-5-9(6-15-12(7)14)16-8(2)10-3-4-11(13)17-10/h3-6,8,16H,1-2H3. The highest BCUT2D eigenvalue weighted by atomic mass is 79.9. The lowest BCUT2D eigenvalue weighted by molar-refractivity contribution is 0.471. The van der Waals surface area contributed by atoms with Crippen LogP contribution in [-0.2, 0) is 0 Å². The van der Waals surface area contributed by atoms with E-state index in [4.69, 9.17) is 4.42 Å². The summed E-state index contributed by atoms with van der Waals surface area (Å²) in [5.41, 5.74) is 2.08. The van der Waals surface area contributed by atoms with Gasteiger partial charge in [-0.05, 0) is 69.5 Å². The topological polar surface area (TPSA) is 38.1 Å². The highest BCUT2D eigenvalue weighted by Gasteiger charge is 2.10. The fraction of sp³-hybridized carbons (Fsp3) is 0.250. The van der Waals surface area contributed by atoms with Gasteiger partial charge in [-0.1, -0.05) is 0 Å². The molecule has 0 spiro atoms. The van der Waals surface area contributed by atoms with Gasteiger partial charge in [-0.3, -0.25) is 0 Å². The maximum atomic E-state index is 5.50. The van der Waals surface area contributed by atoms with Crippen molar-refractivity contribution in [3.63, 3.8) is 0 Å². The summed E-state index contributed by atoms with van der Waals surface area (Å²) >= 11 is 6.67. The van der Waals surface area contributed by atoms with Crippen molar-refractivity contribution in [3.05, 3.63) is 45.0 Å². The molecule has 1 unspecified atom stereocenters. The van der Waals surface area contributed by atoms with Gasteiger partial charge < -0.3 is 9.73 Å². The predicted octanol–water partition coefficient (Wildman–Crippen LogP) is 4.68. The molecule has 3 nitrogen and oxygen atoms in total. The highest BCUT2D eigenvalue weighted by Crippen LogP contribution is 2.24. The van der Waals surface area contributed by atoms with Gasteiger partial charge in [0.05, 0.1) is 17.9 Å². The fourth-order valence-electron chi connectivity index (χ4n) is 1.52. The Bertz CT molecular complexity index is 525. The number of furan rings is 1. The van der Waals surface area contributed by atoms with Gasteiger partial charge in [0, 0.05) is 0 Å². The Labute approximate surface area is 117 Å². The second-order valence-electron chi connectivity index (χ2n) is 3.84. The molecule has 0 aromatic carbocycles. The minimum atomic E-state index is 0.101. The molecule has 5 heteroatoms. The van der Waals surface area contributed by atoms with Gasteiger partial charge in [0.2, 0.25) is 0 Å². The van der Waals surface area contributed by atoms with E-state index in [0.29, 0.717) is 0 Å². The van der Waals surface area contributed by atoms with E-state index in [-0.39, 0.29) is 6.04 Å². The van der Waals surface area contributed by atoms with Gasteiger partial charge in [-0.25, -0.2) is 4.98 Å². The normalized spacial score (nSPS) is 12.5. The number of anilines is 1. The van der Waals surface area contributed by atoms with Crippen molar-refractivity contribution < 1.29 is 4.42 Å². The van der Waals surface area contributed by atoms with Crippen LogP contribution in [0, 0.1) is 6.92 Å². The van der Waals surface area contributed by atoms with Crippen LogP contribution in [0.15, 0.2) is 38.1 Å². The van der Waals surface area contributed by atoms with E-state index in [1.54, 1.807) is 6.20 Å². The van der Waals surface area contributed by atoms with E-state index in [2.05, 4.69) is 42.2 Å². The van der Waals surface area contributed by atoms with Gasteiger partial charge in [0.1, 0.15) is 10.4 Å². The molecule has 2 rings (SSSR count). The molecule has 0 saturated carbocycles. The van der Waals surface area contributed by atoms with Crippen molar-refractivity contribution >= 4 is 37.5 Å². The van der Waals surface area contributed by atoms with E-state index in [1.165, 1.54) is 0 Å². The lowest BCUT2D eigenvalue weighted by Crippen LogP contribution is -2.06. The van der Waals surface area contributed by atoms with Crippen LogP contribution in [0.3, 0.4) is 0 Å². The number of hydrogen-bond acceptors (Lipinski definition) is 3. The predicted molar refractivity (Wildman–Crippen MR) is 75.1 cm³/mol. The van der Waals surface area contributed by atoms with Crippen LogP contribution in [0.25, 0.3) is 0 Å². The van der Waals surface area contributed by atoms with Crippen LogP contribution < -0.4 is 5.32 Å². The number of halogens is 2. The molecule has 0 saturated heterocycles. The average Bonchev–Trinajstić information content (AvgIpc) is 2.70. The number of aromatic nitrogens is 1. The summed E-state index contributed by atoms with van der Waals surface area (Å²) in [6.07, 6.45) is 1.80. The molecule has 1 N–H and O–H groups in total. The zero-order valence-corrected chi connectivity index (χ0v) is 12.7. The Morgan fingerprint density at radius 1 is 1.35 bits per heavy atom. The molecular weight excluding hydrogens is 348 g/mol. The minimum Gasteiger partial charge on any atom is -0.452 e. The summed E-state index contributed by atoms with van der Waals surface area (Å²) in [6, 6.07) is 5.98. The fourth-order valence-corrected chi connectivity index (χ4v) is 2.06. The first-order valence-corrected chi connectivity index (χ1v) is 6.79. The summed E-state index contributed by atoms with van der Waals surface area (Å²) in [7, 11) is 0. The highest BCUT2D eigenvalue weighted by molar-refractivity contribution is 9.10. The van der Waals surface area contributed by atoms with Crippen molar-refractivity contribution in [1.82, 2.24) is 4.98 Å². The third kappa shape index (κ3) is 3.10. The largest absolute Gasteiger partial charge is 0.452 e. The smallest absolute Gasteiger partial charge is 0.169 e. The number of aryl methyl sites for hydroxylation is 1. The molecule has 0 radical (unpaired) electrons. The first-order valence-electron chi connectivity index (χ1n) is 5.20. The first-order chi connectivity index (χ1) is 8.06. The van der Waals surface area contributed by atoms with E-state index < -0.39 is 0 Å². The molecule has 0 amide bonds. The molecular formula is C12H12Br2N2O. The zero-order chi connectivity index (χ0) is 12.4. The third-order valence-electron chi connectivity index (χ3n) is 2.42. The molecule has 0 fully saturated rings. The number of nitrogens with one attached hydrogen (secondary N) is 1. The quantitative estimate of drug-likeness (QED) is 0.808. The minimum absolute atomic E-state index is 0.101. The Hall–Kier alpha value is -0.810. The SMILES string of the molecule is Cc1cc(NC(C)c2ccc(Br)o2)cnc1Br. The molecule has 2 aromatic rings. The molecule has 1 atom stereocenters. The van der Waals surface area contributed by atoms with E-state index >= 15 is 0 Å². The van der Waals surface area contributed by atoms with E-state index in [9.17, 15) is 0 Å². The second kappa shape index (κ2) is 5.23. The van der Waals surface area contributed by atoms with Crippen molar-refractivity contribution in [2.75, 3.05) is 5.32 Å². The number of pyridine rings is 1. The van der Waals surface area contributed by atoms with Crippen LogP contribution in [0.4, 0.5) is 5.69 Å². The lowest BCUT2D eigenvalue weighted by atomic mass is 10.2. The summed E-state index contributed by atoms with van der Waals surface area (Å²) in [5, 5.41) is 3.34. The monoisotopic (exact) mass is 358 g/mol. The Morgan fingerprint density at radius 2 is 2.12 bits per heavy atom. The second-order valence-corrected chi connectivity index (χ2v) is 5.37. The summed E-state index contributed by atoms with van der Waals surface area (Å²) in [6.45, 7) is 4.05. The van der Waals surface area contributed by atoms with Crippen molar-refractivity contribution in [2.45, 2.75) is 19.9 Å². The average molecular weight is 360 g/mol.